The number of nitrogens with two attached hydrogens (primary N) is 1. The topological polar surface area (TPSA) is 250 Å². The van der Waals surface area contributed by atoms with E-state index in [1.54, 1.807) is 62.4 Å². The van der Waals surface area contributed by atoms with E-state index in [0.717, 1.165) is 20.9 Å². The first kappa shape index (κ1) is 50.0. The molecule has 1 unspecified atom stereocenters. The predicted molar refractivity (Wildman–Crippen MR) is 260 cm³/mol. The van der Waals surface area contributed by atoms with Crippen LogP contribution in [0.15, 0.2) is 148 Å². The normalized spacial score (nSPS) is 12.4. The Hall–Kier alpha value is -6.00. The molecule has 0 spiro atoms. The first-order valence-corrected chi connectivity index (χ1v) is 24.7. The second-order valence-corrected chi connectivity index (χ2v) is 20.0. The summed E-state index contributed by atoms with van der Waals surface area (Å²) in [6.07, 6.45) is 0.0357. The van der Waals surface area contributed by atoms with E-state index in [-0.39, 0.29) is 47.1 Å². The van der Waals surface area contributed by atoms with Gasteiger partial charge in [-0.2, -0.15) is 0 Å². The summed E-state index contributed by atoms with van der Waals surface area (Å²) in [5.74, 6) is -0.297. The molecule has 338 valence electrons. The van der Waals surface area contributed by atoms with Gasteiger partial charge >= 0.3 is 143 Å². The van der Waals surface area contributed by atoms with Gasteiger partial charge in [0.2, 0.25) is 20.0 Å². The van der Waals surface area contributed by atoms with Crippen LogP contribution in [0.25, 0.3) is 20.9 Å². The van der Waals surface area contributed by atoms with Crippen molar-refractivity contribution in [3.63, 3.8) is 0 Å². The SMILES string of the molecule is CB(O)N=C(NCB=O)Nc1cccc(-c2ccc(C(=O)NCC(C)NS(=O)(=O)c3ccccc3)s2)c1.C[C@H](CNC(=O)c1ccc(-c2cccc(N)c2)s1)NS(=O)(=O)c1ccccc1. The van der Waals surface area contributed by atoms with Crippen molar-refractivity contribution in [3.8, 4) is 20.9 Å². The van der Waals surface area contributed by atoms with Crippen molar-refractivity contribution in [2.24, 2.45) is 4.90 Å². The molecule has 4 aromatic carbocycles. The molecule has 16 nitrogen and oxygen atoms in total. The van der Waals surface area contributed by atoms with E-state index in [4.69, 9.17) is 5.73 Å². The zero-order valence-corrected chi connectivity index (χ0v) is 38.9. The molecular weight excluding hydrogens is 906 g/mol. The molecule has 2 aromatic heterocycles. The number of carbonyl (C=O) groups is 2. The molecule has 2 atom stereocenters. The number of nitrogens with zero attached hydrogens (tertiary/aromatic N) is 1. The summed E-state index contributed by atoms with van der Waals surface area (Å²) in [5.41, 5.74) is 8.95. The average Bonchev–Trinajstić information content (AvgIpc) is 3.99. The predicted octanol–water partition coefficient (Wildman–Crippen LogP) is 5.08. The number of guanidine groups is 1. The minimum Gasteiger partial charge on any atom is -0.399 e. The molecule has 65 heavy (non-hydrogen) atoms. The van der Waals surface area contributed by atoms with Crippen LogP contribution in [0.2, 0.25) is 6.82 Å². The van der Waals surface area contributed by atoms with E-state index in [1.165, 1.54) is 53.8 Å². The summed E-state index contributed by atoms with van der Waals surface area (Å²) in [5, 5.41) is 20.9. The molecule has 0 aliphatic rings. The van der Waals surface area contributed by atoms with Crippen molar-refractivity contribution in [3.05, 3.63) is 143 Å². The number of rotatable bonds is 18. The Labute approximate surface area is 387 Å². The molecule has 0 aliphatic heterocycles. The van der Waals surface area contributed by atoms with Crippen LogP contribution < -0.4 is 36.4 Å². The summed E-state index contributed by atoms with van der Waals surface area (Å²) >= 11 is 2.66. The monoisotopic (exact) mass is 954 g/mol. The van der Waals surface area contributed by atoms with Crippen LogP contribution in [-0.4, -0.2) is 85.5 Å². The van der Waals surface area contributed by atoms with Crippen LogP contribution in [0.5, 0.6) is 0 Å². The van der Waals surface area contributed by atoms with Crippen LogP contribution in [0.1, 0.15) is 33.2 Å². The number of carbonyl (C=O) groups excluding carboxylic acids is 2. The maximum absolute atomic E-state index is 12.7. The number of hydrogen-bond donors (Lipinski definition) is 8. The molecule has 0 radical (unpaired) electrons. The quantitative estimate of drug-likeness (QED) is 0.0244. The molecule has 9 N–H and O–H groups in total. The molecule has 2 heterocycles. The molecule has 0 saturated heterocycles. The standard InChI is InChI=1S/C23H27B2N5O5S2.C20H21N3O3S2/c1-16(30-37(34,35)19-9-4-3-5-10-19)14-26-22(31)21-12-11-20(36-21)17-7-6-8-18(13-17)28-23(27-15-24-32)29-25(2)33;1-14(23-28(25,26)17-8-3-2-4-9-17)13-22-20(24)19-11-10-18(27-19)15-6-5-7-16(21)12-15/h3-13,16,30,33H,14-15H2,1-2H3,(H,26,31)(H2,27,28,29);2-12,14,23H,13,21H2,1H3,(H,22,24)/t;14-/m.1/s1. The molecule has 0 fully saturated rings. The summed E-state index contributed by atoms with van der Waals surface area (Å²) in [6, 6.07) is 37.2. The summed E-state index contributed by atoms with van der Waals surface area (Å²) < 4.78 is 65.3. The third-order valence-electron chi connectivity index (χ3n) is 8.87. The first-order valence-electron chi connectivity index (χ1n) is 20.1. The van der Waals surface area contributed by atoms with Gasteiger partial charge in [-0.05, 0) is 67.9 Å². The van der Waals surface area contributed by atoms with Gasteiger partial charge in [0.15, 0.2) is 0 Å². The van der Waals surface area contributed by atoms with Crippen molar-refractivity contribution >= 4 is 86.1 Å². The number of sulfonamides is 2. The van der Waals surface area contributed by atoms with Gasteiger partial charge in [0.25, 0.3) is 5.91 Å². The van der Waals surface area contributed by atoms with Crippen molar-refractivity contribution in [2.75, 3.05) is 30.6 Å². The van der Waals surface area contributed by atoms with Gasteiger partial charge in [-0.25, -0.2) is 26.3 Å². The fraction of sp³-hybridized carbons (Fsp3) is 0.186. The van der Waals surface area contributed by atoms with Crippen molar-refractivity contribution in [1.29, 1.82) is 0 Å². The van der Waals surface area contributed by atoms with Gasteiger partial charge in [0.05, 0.1) is 14.7 Å². The Kier molecular flexibility index (Phi) is 18.3. The zero-order valence-electron chi connectivity index (χ0n) is 35.6. The third kappa shape index (κ3) is 15.6. The number of amides is 2. The molecule has 0 bridgehead atoms. The number of nitrogen functional groups attached to an aromatic ring is 1. The van der Waals surface area contributed by atoms with Crippen molar-refractivity contribution < 1.29 is 36.2 Å². The van der Waals surface area contributed by atoms with Gasteiger partial charge in [0.1, 0.15) is 0 Å². The average molecular weight is 955 g/mol. The summed E-state index contributed by atoms with van der Waals surface area (Å²) in [6.45, 7) is 5.18. The largest absolute Gasteiger partial charge is 0.399 e. The van der Waals surface area contributed by atoms with Crippen LogP contribution in [0, 0.1) is 0 Å². The minimum absolute atomic E-state index is 0.0357. The number of anilines is 2. The number of nitrogens with one attached hydrogen (secondary N) is 6. The smallest absolute Gasteiger partial charge is 0.261 e. The molecule has 22 heteroatoms. The Morgan fingerprint density at radius 2 is 1.15 bits per heavy atom. The third-order valence-corrected chi connectivity index (χ3v) is 14.3. The van der Waals surface area contributed by atoms with Crippen molar-refractivity contribution in [2.45, 2.75) is 42.5 Å². The van der Waals surface area contributed by atoms with Crippen LogP contribution in [0.4, 0.5) is 11.4 Å². The van der Waals surface area contributed by atoms with Gasteiger partial charge in [0, 0.05) is 35.7 Å². The maximum Gasteiger partial charge on any atom is 0.261 e. The summed E-state index contributed by atoms with van der Waals surface area (Å²) in [4.78, 5) is 32.3. The van der Waals surface area contributed by atoms with Crippen LogP contribution in [-0.2, 0) is 24.8 Å². The Balaban J connectivity index is 0.000000253. The fourth-order valence-electron chi connectivity index (χ4n) is 5.87. The van der Waals surface area contributed by atoms with Gasteiger partial charge in [-0.3, -0.25) is 4.79 Å². The molecular formula is C43H48B2N8O8S4. The second kappa shape index (κ2) is 23.8. The zero-order chi connectivity index (χ0) is 47.0. The van der Waals surface area contributed by atoms with E-state index < -0.39 is 39.2 Å². The Morgan fingerprint density at radius 1 is 0.677 bits per heavy atom. The van der Waals surface area contributed by atoms with Gasteiger partial charge in [-0.15, -0.1) is 11.3 Å². The van der Waals surface area contributed by atoms with E-state index in [2.05, 4.69) is 35.6 Å². The molecule has 0 saturated carbocycles. The molecule has 2 amide bonds. The first-order chi connectivity index (χ1) is 31.0. The number of benzene rings is 4. The van der Waals surface area contributed by atoms with E-state index in [1.807, 2.05) is 60.7 Å². The van der Waals surface area contributed by atoms with Gasteiger partial charge in [-0.1, -0.05) is 48.5 Å². The van der Waals surface area contributed by atoms with E-state index in [0.29, 0.717) is 28.3 Å². The number of thiophene rings is 2. The second-order valence-electron chi connectivity index (χ2n) is 14.4. The van der Waals surface area contributed by atoms with Gasteiger partial charge < -0.3 is 11.1 Å². The summed E-state index contributed by atoms with van der Waals surface area (Å²) in [7, 11) is -7.57. The Bertz CT molecular complexity index is 2790. The molecule has 6 rings (SSSR count). The van der Waals surface area contributed by atoms with Crippen LogP contribution in [0.3, 0.4) is 0 Å². The minimum atomic E-state index is -3.68. The Morgan fingerprint density at radius 3 is 1.62 bits per heavy atom. The molecule has 0 aliphatic carbocycles. The number of hydrogen-bond acceptors (Lipinski definition) is 12. The van der Waals surface area contributed by atoms with Crippen molar-refractivity contribution in [1.82, 2.24) is 25.4 Å². The fourth-order valence-corrected chi connectivity index (χ4v) is 10.2. The molecule has 6 aromatic rings. The van der Waals surface area contributed by atoms with Crippen LogP contribution >= 0.6 is 22.7 Å². The maximum atomic E-state index is 12.7. The van der Waals surface area contributed by atoms with E-state index >= 15 is 0 Å². The van der Waals surface area contributed by atoms with E-state index in [9.17, 15) is 36.2 Å².